The molecule has 3 fully saturated rings. The number of fused-ring (bicyclic) bond motifs is 2. The molecule has 3 aliphatic rings. The van der Waals surface area contributed by atoms with Crippen LogP contribution in [0.25, 0.3) is 21.3 Å². The molecule has 55 heavy (non-hydrogen) atoms. The minimum absolute atomic E-state index is 0.160. The van der Waals surface area contributed by atoms with Crippen LogP contribution >= 0.6 is 11.3 Å². The Hall–Kier alpha value is -5.46. The van der Waals surface area contributed by atoms with E-state index in [4.69, 9.17) is 9.72 Å². The molecule has 0 spiro atoms. The van der Waals surface area contributed by atoms with E-state index >= 15 is 4.39 Å². The third-order valence-corrected chi connectivity index (χ3v) is 12.7. The predicted octanol–water partition coefficient (Wildman–Crippen LogP) is 5.56. The summed E-state index contributed by atoms with van der Waals surface area (Å²) in [6.07, 6.45) is 6.76. The number of carbonyl (C=O) groups excluding carboxylic acids is 3. The monoisotopic (exact) mass is 764 g/mol. The van der Waals surface area contributed by atoms with Gasteiger partial charge < -0.3 is 15.0 Å². The number of rotatable bonds is 8. The van der Waals surface area contributed by atoms with Crippen molar-refractivity contribution in [3.63, 3.8) is 0 Å². The number of hydrogen-bond acceptors (Lipinski definition) is 10. The Morgan fingerprint density at radius 2 is 1.93 bits per heavy atom. The molecule has 3 aromatic heterocycles. The van der Waals surface area contributed by atoms with Crippen LogP contribution in [0.4, 0.5) is 10.1 Å². The number of anilines is 1. The first-order valence-electron chi connectivity index (χ1n) is 18.7. The average molecular weight is 765 g/mol. The van der Waals surface area contributed by atoms with Crippen molar-refractivity contribution in [3.05, 3.63) is 81.0 Å². The van der Waals surface area contributed by atoms with Gasteiger partial charge in [-0.3, -0.25) is 33.8 Å². The average Bonchev–Trinajstić information content (AvgIpc) is 3.72. The smallest absolute Gasteiger partial charge is 0.329 e. The first-order valence-corrected chi connectivity index (χ1v) is 19.5. The topological polar surface area (TPSA) is 164 Å². The van der Waals surface area contributed by atoms with E-state index in [0.29, 0.717) is 52.8 Å². The van der Waals surface area contributed by atoms with Crippen LogP contribution in [0.5, 0.6) is 5.75 Å². The van der Waals surface area contributed by atoms with Gasteiger partial charge >= 0.3 is 5.69 Å². The Labute approximate surface area is 320 Å². The van der Waals surface area contributed by atoms with Gasteiger partial charge in [0.1, 0.15) is 24.0 Å². The summed E-state index contributed by atoms with van der Waals surface area (Å²) < 4.78 is 25.6. The molecule has 2 aromatic carbocycles. The fourth-order valence-corrected chi connectivity index (χ4v) is 9.83. The van der Waals surface area contributed by atoms with Crippen molar-refractivity contribution in [2.75, 3.05) is 32.1 Å². The molecular weight excluding hydrogens is 724 g/mol. The van der Waals surface area contributed by atoms with Crippen LogP contribution in [0.1, 0.15) is 89.3 Å². The number of alkyl halides is 1. The normalized spacial score (nSPS) is 23.4. The van der Waals surface area contributed by atoms with Crippen molar-refractivity contribution in [2.45, 2.75) is 69.0 Å². The van der Waals surface area contributed by atoms with E-state index < -0.39 is 18.1 Å². The second-order valence-electron chi connectivity index (χ2n) is 14.9. The summed E-state index contributed by atoms with van der Waals surface area (Å²) in [6, 6.07) is 11.9. The van der Waals surface area contributed by atoms with Crippen LogP contribution in [0.3, 0.4) is 0 Å². The van der Waals surface area contributed by atoms with Crippen molar-refractivity contribution in [2.24, 2.45) is 13.0 Å². The zero-order chi connectivity index (χ0) is 38.4. The van der Waals surface area contributed by atoms with E-state index in [1.807, 2.05) is 30.3 Å². The molecule has 3 atom stereocenters. The highest BCUT2D eigenvalue weighted by molar-refractivity contribution is 7.18. The highest BCUT2D eigenvalue weighted by Gasteiger charge is 2.36. The molecule has 2 N–H and O–H groups in total. The van der Waals surface area contributed by atoms with Gasteiger partial charge in [0.2, 0.25) is 11.8 Å². The van der Waals surface area contributed by atoms with Crippen molar-refractivity contribution in [1.82, 2.24) is 29.3 Å². The fourth-order valence-electron chi connectivity index (χ4n) is 8.67. The van der Waals surface area contributed by atoms with Gasteiger partial charge in [-0.25, -0.2) is 14.2 Å². The van der Waals surface area contributed by atoms with Crippen LogP contribution in [0.2, 0.25) is 0 Å². The molecule has 5 heterocycles. The third kappa shape index (κ3) is 7.00. The number of imide groups is 1. The molecule has 15 heteroatoms. The number of halogens is 1. The number of hydrogen-bond donors (Lipinski definition) is 2. The van der Waals surface area contributed by atoms with E-state index in [1.54, 1.807) is 31.6 Å². The van der Waals surface area contributed by atoms with Gasteiger partial charge in [0.15, 0.2) is 0 Å². The van der Waals surface area contributed by atoms with Crippen molar-refractivity contribution < 1.29 is 23.5 Å². The molecule has 1 unspecified atom stereocenters. The Morgan fingerprint density at radius 1 is 1.11 bits per heavy atom. The van der Waals surface area contributed by atoms with E-state index in [0.717, 1.165) is 59.6 Å². The molecule has 1 aliphatic carbocycles. The highest BCUT2D eigenvalue weighted by Crippen LogP contribution is 2.42. The van der Waals surface area contributed by atoms with Gasteiger partial charge in [-0.2, -0.15) is 5.26 Å². The zero-order valence-electron chi connectivity index (χ0n) is 30.6. The summed E-state index contributed by atoms with van der Waals surface area (Å²) in [7, 11) is 3.21. The van der Waals surface area contributed by atoms with Crippen LogP contribution in [-0.2, 0) is 16.6 Å². The number of para-hydroxylation sites is 1. The van der Waals surface area contributed by atoms with Crippen molar-refractivity contribution in [1.29, 1.82) is 5.26 Å². The number of thiazole rings is 1. The maximum absolute atomic E-state index is 16.1. The van der Waals surface area contributed by atoms with Gasteiger partial charge in [0.05, 0.1) is 50.2 Å². The number of nitrogens with one attached hydrogen (secondary N) is 2. The lowest BCUT2D eigenvalue weighted by Gasteiger charge is -2.38. The van der Waals surface area contributed by atoms with Crippen LogP contribution in [0, 0.1) is 17.2 Å². The lowest BCUT2D eigenvalue weighted by Crippen LogP contribution is -2.44. The number of methoxy groups -OCH3 is 1. The number of amides is 3. The molecule has 3 amide bonds. The Morgan fingerprint density at radius 3 is 2.67 bits per heavy atom. The Balaban J connectivity index is 0.895. The zero-order valence-corrected chi connectivity index (χ0v) is 31.4. The molecule has 2 aliphatic heterocycles. The summed E-state index contributed by atoms with van der Waals surface area (Å²) in [5.74, 6) is -0.332. The number of nitrogens with zero attached hydrogens (tertiary/aromatic N) is 6. The van der Waals surface area contributed by atoms with Crippen molar-refractivity contribution >= 4 is 56.0 Å². The van der Waals surface area contributed by atoms with E-state index in [1.165, 1.54) is 27.6 Å². The van der Waals surface area contributed by atoms with E-state index in [-0.39, 0.29) is 41.8 Å². The van der Waals surface area contributed by atoms with E-state index in [9.17, 15) is 24.4 Å². The Kier molecular flexibility index (Phi) is 9.95. The molecule has 0 radical (unpaired) electrons. The summed E-state index contributed by atoms with van der Waals surface area (Å²) in [5, 5.41) is 15.5. The third-order valence-electron chi connectivity index (χ3n) is 11.5. The van der Waals surface area contributed by atoms with Gasteiger partial charge in [0.25, 0.3) is 5.91 Å². The second-order valence-corrected chi connectivity index (χ2v) is 15.9. The van der Waals surface area contributed by atoms with Crippen molar-refractivity contribution in [3.8, 4) is 11.8 Å². The number of piperidine rings is 2. The summed E-state index contributed by atoms with van der Waals surface area (Å²) >= 11 is 1.62. The molecule has 13 nitrogen and oxygen atoms in total. The number of benzene rings is 2. The van der Waals surface area contributed by atoms with Crippen LogP contribution in [-0.4, -0.2) is 74.6 Å². The fraction of sp³-hybridized carbons (Fsp3) is 0.425. The number of likely N-dealkylation sites (tertiary alicyclic amines) is 1. The van der Waals surface area contributed by atoms with E-state index in [2.05, 4.69) is 20.5 Å². The Bertz CT molecular complexity index is 2430. The van der Waals surface area contributed by atoms with Crippen LogP contribution in [0.15, 0.2) is 53.6 Å². The lowest BCUT2D eigenvalue weighted by molar-refractivity contribution is -0.135. The first-order chi connectivity index (χ1) is 26.6. The first kappa shape index (κ1) is 36.5. The molecular formula is C40H41FN8O5S. The van der Waals surface area contributed by atoms with Crippen LogP contribution < -0.4 is 21.1 Å². The van der Waals surface area contributed by atoms with Gasteiger partial charge in [-0.1, -0.05) is 12.1 Å². The lowest BCUT2D eigenvalue weighted by atomic mass is 9.81. The molecule has 5 aromatic rings. The summed E-state index contributed by atoms with van der Waals surface area (Å²) in [5.41, 5.74) is 3.56. The van der Waals surface area contributed by atoms with Gasteiger partial charge in [0, 0.05) is 56.9 Å². The molecule has 0 bridgehead atoms. The molecule has 284 valence electrons. The maximum atomic E-state index is 16.1. The number of nitriles is 1. The molecule has 2 saturated heterocycles. The second kappa shape index (κ2) is 15.0. The standard InChI is InChI=1S/C40H41FN8O5S/c1-47-36-27(4-3-5-31(36)49(40(47)53)32-10-11-35(50)46-38(32)52)26-12-13-48(21-28(26)41)20-22-6-8-24(9-7-22)39-45-30-15-33(54-2)29(16-34(30)55-39)44-37(51)25-14-23(17-42)18-43-19-25/h3-5,14-16,18-19,22,24,26,28,32H,6-13,20-21H2,1-2H3,(H,44,51)(H,46,50,52)/t22?,24?,26-,28+,32?/m0/s1. The predicted molar refractivity (Wildman–Crippen MR) is 205 cm³/mol. The van der Waals surface area contributed by atoms with Gasteiger partial charge in [-0.15, -0.1) is 11.3 Å². The number of imidazole rings is 1. The SMILES string of the molecule is COc1cc2nc(C3CCC(CN4CC[C@@H](c5cccc6c5n(C)c(=O)n6C5CCC(=O)NC5=O)[C@H](F)C4)CC3)sc2cc1NC(=O)c1cncc(C#N)c1. The summed E-state index contributed by atoms with van der Waals surface area (Å²) in [4.78, 5) is 62.0. The maximum Gasteiger partial charge on any atom is 0.329 e. The van der Waals surface area contributed by atoms with Gasteiger partial charge in [-0.05, 0) is 74.8 Å². The molecule has 1 saturated carbocycles. The minimum Gasteiger partial charge on any atom is -0.494 e. The minimum atomic E-state index is -1.11. The highest BCUT2D eigenvalue weighted by atomic mass is 32.1. The number of pyridine rings is 1. The number of aromatic nitrogens is 4. The number of aryl methyl sites for hydroxylation is 1. The quantitative estimate of drug-likeness (QED) is 0.193. The number of carbonyl (C=O) groups is 3. The number of ether oxygens (including phenoxy) is 1. The summed E-state index contributed by atoms with van der Waals surface area (Å²) in [6.45, 7) is 1.91. The largest absolute Gasteiger partial charge is 0.494 e. The molecule has 8 rings (SSSR count).